The van der Waals surface area contributed by atoms with Crippen LogP contribution in [0.25, 0.3) is 0 Å². The van der Waals surface area contributed by atoms with Gasteiger partial charge in [-0.15, -0.1) is 0 Å². The lowest BCUT2D eigenvalue weighted by molar-refractivity contribution is -0.139. The Morgan fingerprint density at radius 1 is 1.42 bits per heavy atom. The van der Waals surface area contributed by atoms with Gasteiger partial charge in [-0.25, -0.2) is 4.79 Å². The summed E-state index contributed by atoms with van der Waals surface area (Å²) < 4.78 is 0. The largest absolute Gasteiger partial charge is 0.395 e. The van der Waals surface area contributed by atoms with Crippen molar-refractivity contribution in [3.63, 3.8) is 0 Å². The van der Waals surface area contributed by atoms with E-state index < -0.39 is 17.5 Å². The number of urea groups is 1. The number of rotatable bonds is 5. The summed E-state index contributed by atoms with van der Waals surface area (Å²) in [7, 11) is 0. The molecule has 108 valence electrons. The second kappa shape index (κ2) is 5.56. The van der Waals surface area contributed by atoms with E-state index in [1.165, 1.54) is 4.90 Å². The molecule has 1 saturated heterocycles. The van der Waals surface area contributed by atoms with Gasteiger partial charge in [-0.05, 0) is 27.7 Å². The molecule has 7 heteroatoms. The molecule has 0 unspecified atom stereocenters. The fraction of sp³-hybridized carbons (Fsp3) is 0.750. The summed E-state index contributed by atoms with van der Waals surface area (Å²) in [5.41, 5.74) is -0.975. The first-order valence-corrected chi connectivity index (χ1v) is 6.25. The first-order chi connectivity index (χ1) is 8.70. The van der Waals surface area contributed by atoms with Crippen LogP contribution in [0.2, 0.25) is 0 Å². The zero-order chi connectivity index (χ0) is 14.8. The molecule has 0 aromatic heterocycles. The van der Waals surface area contributed by atoms with Crippen LogP contribution in [0.5, 0.6) is 0 Å². The molecular formula is C12H21N3O4. The first-order valence-electron chi connectivity index (χ1n) is 6.25. The van der Waals surface area contributed by atoms with Crippen LogP contribution in [0.4, 0.5) is 4.79 Å². The van der Waals surface area contributed by atoms with Crippen LogP contribution in [-0.2, 0) is 9.59 Å². The molecule has 0 saturated carbocycles. The molecule has 1 rings (SSSR count). The highest BCUT2D eigenvalue weighted by molar-refractivity contribution is 6.08. The molecule has 2 N–H and O–H groups in total. The van der Waals surface area contributed by atoms with Gasteiger partial charge in [-0.3, -0.25) is 14.5 Å². The van der Waals surface area contributed by atoms with Crippen molar-refractivity contribution in [1.82, 2.24) is 15.1 Å². The van der Waals surface area contributed by atoms with E-state index in [-0.39, 0.29) is 31.6 Å². The fourth-order valence-electron chi connectivity index (χ4n) is 1.97. The lowest BCUT2D eigenvalue weighted by Crippen LogP contribution is -2.47. The van der Waals surface area contributed by atoms with Gasteiger partial charge in [0.25, 0.3) is 5.91 Å². The Hall–Kier alpha value is -1.63. The number of nitrogens with one attached hydrogen (secondary N) is 1. The minimum atomic E-state index is -0.975. The Bertz CT molecular complexity index is 392. The number of hydrogen-bond acceptors (Lipinski definition) is 4. The number of carbonyl (C=O) groups excluding carboxylic acids is 3. The second-order valence-electron chi connectivity index (χ2n) is 5.35. The molecule has 1 heterocycles. The highest BCUT2D eigenvalue weighted by atomic mass is 16.3. The third kappa shape index (κ3) is 3.23. The van der Waals surface area contributed by atoms with E-state index in [0.29, 0.717) is 0 Å². The molecule has 4 amide bonds. The monoisotopic (exact) mass is 271 g/mol. The van der Waals surface area contributed by atoms with Crippen molar-refractivity contribution in [3.8, 4) is 0 Å². The van der Waals surface area contributed by atoms with E-state index in [0.717, 1.165) is 4.90 Å². The fourth-order valence-corrected chi connectivity index (χ4v) is 1.97. The van der Waals surface area contributed by atoms with Crippen molar-refractivity contribution in [1.29, 1.82) is 0 Å². The molecule has 19 heavy (non-hydrogen) atoms. The quantitative estimate of drug-likeness (QED) is 0.662. The molecule has 7 nitrogen and oxygen atoms in total. The minimum Gasteiger partial charge on any atom is -0.395 e. The van der Waals surface area contributed by atoms with Crippen molar-refractivity contribution >= 4 is 17.8 Å². The zero-order valence-corrected chi connectivity index (χ0v) is 11.8. The van der Waals surface area contributed by atoms with Crippen LogP contribution in [0.3, 0.4) is 0 Å². The van der Waals surface area contributed by atoms with E-state index >= 15 is 0 Å². The first kappa shape index (κ1) is 15.4. The van der Waals surface area contributed by atoms with Gasteiger partial charge in [-0.2, -0.15) is 0 Å². The van der Waals surface area contributed by atoms with Gasteiger partial charge in [0, 0.05) is 12.6 Å². The molecule has 0 aliphatic carbocycles. The van der Waals surface area contributed by atoms with Crippen LogP contribution in [0.15, 0.2) is 0 Å². The number of nitrogens with zero attached hydrogens (tertiary/aromatic N) is 2. The third-order valence-electron chi connectivity index (χ3n) is 3.02. The van der Waals surface area contributed by atoms with Crippen LogP contribution in [-0.4, -0.2) is 64.0 Å². The summed E-state index contributed by atoms with van der Waals surface area (Å²) in [5.74, 6) is -0.774. The van der Waals surface area contributed by atoms with Crippen LogP contribution in [0.1, 0.15) is 27.7 Å². The highest BCUT2D eigenvalue weighted by Gasteiger charge is 2.45. The Morgan fingerprint density at radius 3 is 2.37 bits per heavy atom. The van der Waals surface area contributed by atoms with Crippen molar-refractivity contribution < 1.29 is 19.5 Å². The lowest BCUT2D eigenvalue weighted by atomic mass is 10.1. The van der Waals surface area contributed by atoms with Gasteiger partial charge < -0.3 is 15.3 Å². The zero-order valence-electron chi connectivity index (χ0n) is 11.8. The predicted octanol–water partition coefficient (Wildman–Crippen LogP) is -0.454. The number of aliphatic hydroxyl groups excluding tert-OH is 1. The average Bonchev–Trinajstić information content (AvgIpc) is 2.47. The number of carbonyl (C=O) groups is 3. The van der Waals surface area contributed by atoms with Crippen molar-refractivity contribution in [3.05, 3.63) is 0 Å². The second-order valence-corrected chi connectivity index (χ2v) is 5.35. The van der Waals surface area contributed by atoms with E-state index in [2.05, 4.69) is 5.32 Å². The number of aliphatic hydroxyl groups is 1. The van der Waals surface area contributed by atoms with E-state index in [4.69, 9.17) is 5.11 Å². The number of amides is 4. The van der Waals surface area contributed by atoms with Crippen LogP contribution < -0.4 is 5.32 Å². The average molecular weight is 271 g/mol. The van der Waals surface area contributed by atoms with E-state index in [1.807, 2.05) is 13.8 Å². The smallest absolute Gasteiger partial charge is 0.325 e. The van der Waals surface area contributed by atoms with Crippen LogP contribution in [0, 0.1) is 0 Å². The molecule has 0 aromatic carbocycles. The normalized spacial score (nSPS) is 17.9. The van der Waals surface area contributed by atoms with E-state index in [9.17, 15) is 14.4 Å². The molecule has 0 aromatic rings. The van der Waals surface area contributed by atoms with Crippen molar-refractivity contribution in [2.75, 3.05) is 19.7 Å². The summed E-state index contributed by atoms with van der Waals surface area (Å²) in [6, 6.07) is -0.663. The Balaban J connectivity index is 2.76. The molecule has 0 radical (unpaired) electrons. The van der Waals surface area contributed by atoms with Gasteiger partial charge in [-0.1, -0.05) is 0 Å². The molecule has 0 atom stereocenters. The Morgan fingerprint density at radius 2 is 2.00 bits per heavy atom. The van der Waals surface area contributed by atoms with Crippen LogP contribution >= 0.6 is 0 Å². The van der Waals surface area contributed by atoms with E-state index in [1.54, 1.807) is 13.8 Å². The van der Waals surface area contributed by atoms with Crippen molar-refractivity contribution in [2.24, 2.45) is 0 Å². The van der Waals surface area contributed by atoms with Gasteiger partial charge in [0.05, 0.1) is 6.61 Å². The van der Waals surface area contributed by atoms with Gasteiger partial charge in [0.15, 0.2) is 0 Å². The molecule has 1 aliphatic rings. The topological polar surface area (TPSA) is 89.9 Å². The van der Waals surface area contributed by atoms with Gasteiger partial charge in [0.2, 0.25) is 5.91 Å². The third-order valence-corrected chi connectivity index (χ3v) is 3.02. The maximum absolute atomic E-state index is 12.1. The Labute approximate surface area is 112 Å². The highest BCUT2D eigenvalue weighted by Crippen LogP contribution is 2.16. The van der Waals surface area contributed by atoms with Gasteiger partial charge >= 0.3 is 6.03 Å². The standard InChI is InChI=1S/C12H21N3O4/c1-8(2)14(5-6-16)9(17)7-15-10(18)12(3,4)13-11(15)19/h8,16H,5-7H2,1-4H3,(H,13,19). The summed E-state index contributed by atoms with van der Waals surface area (Å²) >= 11 is 0. The molecule has 1 aliphatic heterocycles. The Kier molecular flexibility index (Phi) is 4.52. The molecule has 0 bridgehead atoms. The lowest BCUT2D eigenvalue weighted by Gasteiger charge is -2.27. The molecular weight excluding hydrogens is 250 g/mol. The number of hydrogen-bond donors (Lipinski definition) is 2. The number of imide groups is 1. The summed E-state index contributed by atoms with van der Waals surface area (Å²) in [4.78, 5) is 38.0. The maximum Gasteiger partial charge on any atom is 0.325 e. The predicted molar refractivity (Wildman–Crippen MR) is 68.3 cm³/mol. The van der Waals surface area contributed by atoms with Crippen molar-refractivity contribution in [2.45, 2.75) is 39.3 Å². The maximum atomic E-state index is 12.1. The summed E-state index contributed by atoms with van der Waals surface area (Å²) in [5, 5.41) is 11.4. The summed E-state index contributed by atoms with van der Waals surface area (Å²) in [6.07, 6.45) is 0. The molecule has 0 spiro atoms. The summed E-state index contributed by atoms with van der Waals surface area (Å²) in [6.45, 7) is 6.52. The SMILES string of the molecule is CC(C)N(CCO)C(=O)CN1C(=O)NC(C)(C)C1=O. The minimum absolute atomic E-state index is 0.103. The van der Waals surface area contributed by atoms with Gasteiger partial charge in [0.1, 0.15) is 12.1 Å². The molecule has 1 fully saturated rings.